The van der Waals surface area contributed by atoms with Crippen molar-refractivity contribution in [2.75, 3.05) is 25.5 Å². The highest BCUT2D eigenvalue weighted by Crippen LogP contribution is 2.26. The van der Waals surface area contributed by atoms with Gasteiger partial charge in [-0.15, -0.1) is 0 Å². The van der Waals surface area contributed by atoms with Crippen molar-refractivity contribution >= 4 is 21.6 Å². The van der Waals surface area contributed by atoms with Gasteiger partial charge < -0.3 is 10.2 Å². The van der Waals surface area contributed by atoms with E-state index in [1.54, 1.807) is 6.07 Å². The molecule has 0 amide bonds. The number of halogens is 2. The van der Waals surface area contributed by atoms with E-state index in [-0.39, 0.29) is 5.82 Å². The zero-order chi connectivity index (χ0) is 13.1. The van der Waals surface area contributed by atoms with Crippen LogP contribution in [-0.2, 0) is 0 Å². The van der Waals surface area contributed by atoms with Crippen molar-refractivity contribution in [3.63, 3.8) is 0 Å². The maximum absolute atomic E-state index is 13.6. The van der Waals surface area contributed by atoms with E-state index in [0.717, 1.165) is 37.2 Å². The number of nitrogens with one attached hydrogen (secondary N) is 1. The minimum absolute atomic E-state index is 0.200. The monoisotopic (exact) mass is 314 g/mol. The summed E-state index contributed by atoms with van der Waals surface area (Å²) in [6.45, 7) is 4.27. The van der Waals surface area contributed by atoms with E-state index in [4.69, 9.17) is 0 Å². The first-order valence-corrected chi connectivity index (χ1v) is 7.26. The predicted molar refractivity (Wildman–Crippen MR) is 77.6 cm³/mol. The number of hydrogen-bond donors (Lipinski definition) is 1. The van der Waals surface area contributed by atoms with Crippen LogP contribution < -0.4 is 5.32 Å². The summed E-state index contributed by atoms with van der Waals surface area (Å²) >= 11 is 3.22. The molecule has 18 heavy (non-hydrogen) atoms. The van der Waals surface area contributed by atoms with E-state index in [1.165, 1.54) is 6.42 Å². The van der Waals surface area contributed by atoms with Crippen molar-refractivity contribution in [1.82, 2.24) is 4.90 Å². The van der Waals surface area contributed by atoms with Crippen LogP contribution in [0.15, 0.2) is 16.6 Å². The lowest BCUT2D eigenvalue weighted by Gasteiger charge is -2.20. The SMILES string of the molecule is Cc1cc(Br)c(F)cc1NC1CCCN(C)CC1. The van der Waals surface area contributed by atoms with Gasteiger partial charge in [-0.05, 0) is 79.9 Å². The molecule has 0 radical (unpaired) electrons. The van der Waals surface area contributed by atoms with E-state index in [1.807, 2.05) is 13.0 Å². The van der Waals surface area contributed by atoms with Gasteiger partial charge in [0.2, 0.25) is 0 Å². The van der Waals surface area contributed by atoms with Crippen LogP contribution in [0.4, 0.5) is 10.1 Å². The van der Waals surface area contributed by atoms with Crippen LogP contribution in [0.3, 0.4) is 0 Å². The molecule has 4 heteroatoms. The lowest BCUT2D eigenvalue weighted by molar-refractivity contribution is 0.348. The topological polar surface area (TPSA) is 15.3 Å². The van der Waals surface area contributed by atoms with Crippen LogP contribution in [0.2, 0.25) is 0 Å². The Labute approximate surface area is 117 Å². The highest BCUT2D eigenvalue weighted by Gasteiger charge is 2.16. The molecule has 0 aliphatic carbocycles. The maximum atomic E-state index is 13.6. The summed E-state index contributed by atoms with van der Waals surface area (Å²) in [5.74, 6) is -0.200. The Kier molecular flexibility index (Phi) is 4.62. The van der Waals surface area contributed by atoms with E-state index in [0.29, 0.717) is 10.5 Å². The zero-order valence-corrected chi connectivity index (χ0v) is 12.6. The molecule has 2 rings (SSSR count). The smallest absolute Gasteiger partial charge is 0.139 e. The molecule has 0 saturated carbocycles. The van der Waals surface area contributed by atoms with Crippen LogP contribution in [0.25, 0.3) is 0 Å². The third-order valence-corrected chi connectivity index (χ3v) is 4.19. The second-order valence-corrected chi connectivity index (χ2v) is 6.01. The molecule has 1 N–H and O–H groups in total. The van der Waals surface area contributed by atoms with Crippen molar-refractivity contribution < 1.29 is 4.39 Å². The molecule has 1 aliphatic rings. The second kappa shape index (κ2) is 6.02. The minimum Gasteiger partial charge on any atom is -0.382 e. The molecule has 1 heterocycles. The fourth-order valence-electron chi connectivity index (χ4n) is 2.41. The molecular weight excluding hydrogens is 295 g/mol. The Hall–Kier alpha value is -0.610. The molecule has 0 aromatic heterocycles. The molecule has 100 valence electrons. The van der Waals surface area contributed by atoms with Gasteiger partial charge in [0.05, 0.1) is 4.47 Å². The van der Waals surface area contributed by atoms with Crippen molar-refractivity contribution in [2.45, 2.75) is 32.2 Å². The molecule has 1 aliphatic heterocycles. The molecule has 1 fully saturated rings. The highest BCUT2D eigenvalue weighted by molar-refractivity contribution is 9.10. The van der Waals surface area contributed by atoms with Gasteiger partial charge in [0.15, 0.2) is 0 Å². The molecule has 2 nitrogen and oxygen atoms in total. The normalized spacial score (nSPS) is 21.7. The van der Waals surface area contributed by atoms with E-state index in [2.05, 4.69) is 33.2 Å². The van der Waals surface area contributed by atoms with Crippen molar-refractivity contribution in [3.8, 4) is 0 Å². The summed E-state index contributed by atoms with van der Waals surface area (Å²) in [6.07, 6.45) is 3.47. The third kappa shape index (κ3) is 3.45. The fourth-order valence-corrected chi connectivity index (χ4v) is 2.86. The molecule has 0 spiro atoms. The number of hydrogen-bond acceptors (Lipinski definition) is 2. The molecule has 1 aromatic rings. The number of benzene rings is 1. The Balaban J connectivity index is 2.06. The van der Waals surface area contributed by atoms with Crippen molar-refractivity contribution in [3.05, 3.63) is 28.0 Å². The summed E-state index contributed by atoms with van der Waals surface area (Å²) in [5, 5.41) is 3.49. The molecule has 0 bridgehead atoms. The Morgan fingerprint density at radius 1 is 1.33 bits per heavy atom. The molecule has 1 saturated heterocycles. The van der Waals surface area contributed by atoms with Crippen molar-refractivity contribution in [2.24, 2.45) is 0 Å². The maximum Gasteiger partial charge on any atom is 0.139 e. The lowest BCUT2D eigenvalue weighted by Crippen LogP contribution is -2.23. The van der Waals surface area contributed by atoms with Gasteiger partial charge in [0, 0.05) is 11.7 Å². The van der Waals surface area contributed by atoms with Gasteiger partial charge in [-0.3, -0.25) is 0 Å². The minimum atomic E-state index is -0.200. The lowest BCUT2D eigenvalue weighted by atomic mass is 10.1. The average Bonchev–Trinajstić information content (AvgIpc) is 2.51. The first-order chi connectivity index (χ1) is 8.56. The fraction of sp³-hybridized carbons (Fsp3) is 0.571. The predicted octanol–water partition coefficient (Wildman–Crippen LogP) is 3.79. The number of likely N-dealkylation sites (tertiary alicyclic amines) is 1. The van der Waals surface area contributed by atoms with Gasteiger partial charge in [0.25, 0.3) is 0 Å². The van der Waals surface area contributed by atoms with Gasteiger partial charge in [-0.2, -0.15) is 0 Å². The first kappa shape index (κ1) is 13.8. The molecule has 1 aromatic carbocycles. The van der Waals surface area contributed by atoms with Crippen LogP contribution in [0.5, 0.6) is 0 Å². The van der Waals surface area contributed by atoms with E-state index < -0.39 is 0 Å². The third-order valence-electron chi connectivity index (χ3n) is 3.58. The number of aryl methyl sites for hydroxylation is 1. The van der Waals surface area contributed by atoms with Crippen LogP contribution in [0.1, 0.15) is 24.8 Å². The van der Waals surface area contributed by atoms with Gasteiger partial charge >= 0.3 is 0 Å². The summed E-state index contributed by atoms with van der Waals surface area (Å²) < 4.78 is 14.1. The standard InChI is InChI=1S/C14H20BrFN2/c1-10-8-12(15)13(16)9-14(10)17-11-4-3-6-18(2)7-5-11/h8-9,11,17H,3-7H2,1-2H3. The zero-order valence-electron chi connectivity index (χ0n) is 11.0. The summed E-state index contributed by atoms with van der Waals surface area (Å²) in [5.41, 5.74) is 2.01. The van der Waals surface area contributed by atoms with E-state index >= 15 is 0 Å². The summed E-state index contributed by atoms with van der Waals surface area (Å²) in [4.78, 5) is 2.36. The van der Waals surface area contributed by atoms with Gasteiger partial charge in [0.1, 0.15) is 5.82 Å². The first-order valence-electron chi connectivity index (χ1n) is 6.47. The summed E-state index contributed by atoms with van der Waals surface area (Å²) in [7, 11) is 2.16. The largest absolute Gasteiger partial charge is 0.382 e. The average molecular weight is 315 g/mol. The van der Waals surface area contributed by atoms with Gasteiger partial charge in [-0.25, -0.2) is 4.39 Å². The van der Waals surface area contributed by atoms with Gasteiger partial charge in [-0.1, -0.05) is 0 Å². The Morgan fingerprint density at radius 3 is 2.89 bits per heavy atom. The molecule has 1 atom stereocenters. The Bertz CT molecular complexity index is 423. The molecule has 1 unspecified atom stereocenters. The Morgan fingerprint density at radius 2 is 2.11 bits per heavy atom. The molecular formula is C14H20BrFN2. The number of rotatable bonds is 2. The number of anilines is 1. The number of nitrogens with zero attached hydrogens (tertiary/aromatic N) is 1. The van der Waals surface area contributed by atoms with Crippen molar-refractivity contribution in [1.29, 1.82) is 0 Å². The van der Waals surface area contributed by atoms with E-state index in [9.17, 15) is 4.39 Å². The summed E-state index contributed by atoms with van der Waals surface area (Å²) in [6, 6.07) is 3.88. The van der Waals surface area contributed by atoms with Crippen LogP contribution in [0, 0.1) is 12.7 Å². The second-order valence-electron chi connectivity index (χ2n) is 5.16. The highest BCUT2D eigenvalue weighted by atomic mass is 79.9. The van der Waals surface area contributed by atoms with Crippen LogP contribution >= 0.6 is 15.9 Å². The quantitative estimate of drug-likeness (QED) is 0.893. The van der Waals surface area contributed by atoms with Crippen LogP contribution in [-0.4, -0.2) is 31.1 Å².